The molecule has 0 aliphatic carbocycles. The van der Waals surface area contributed by atoms with Gasteiger partial charge in [-0.2, -0.15) is 0 Å². The topological polar surface area (TPSA) is 56.7 Å². The fraction of sp³-hybridized carbons (Fsp3) is 0.435. The molecule has 0 radical (unpaired) electrons. The van der Waals surface area contributed by atoms with Gasteiger partial charge in [0.05, 0.1) is 53.0 Å². The molecule has 166 valence electrons. The molecule has 0 amide bonds. The summed E-state index contributed by atoms with van der Waals surface area (Å²) in [4.78, 5) is 7.44. The predicted molar refractivity (Wildman–Crippen MR) is 126 cm³/mol. The van der Waals surface area contributed by atoms with E-state index < -0.39 is 11.0 Å². The Morgan fingerprint density at radius 2 is 1.94 bits per heavy atom. The van der Waals surface area contributed by atoms with Gasteiger partial charge in [-0.3, -0.25) is 10.1 Å². The molecule has 1 fully saturated rings. The van der Waals surface area contributed by atoms with E-state index in [0.717, 1.165) is 65.2 Å². The highest BCUT2D eigenvalue weighted by atomic mass is 32.2. The van der Waals surface area contributed by atoms with Crippen LogP contribution >= 0.6 is 11.3 Å². The first kappa shape index (κ1) is 22.5. The summed E-state index contributed by atoms with van der Waals surface area (Å²) >= 11 is 1.75. The van der Waals surface area contributed by atoms with Gasteiger partial charge in [0.25, 0.3) is 0 Å². The standard InChI is InChI=1S/C23H31N4O2S2/c1-3-27(14-11-20-9-10-23-22(17-20)24-19(2)30-23)15-12-25(13-16-27)18-26(28)31(29)21-7-5-4-6-8-21/h4-10,17,28H,3,11-16,18H2,1-2H3/q+1. The monoisotopic (exact) mass is 459 g/mol. The van der Waals surface area contributed by atoms with Crippen LogP contribution in [0.5, 0.6) is 0 Å². The minimum Gasteiger partial charge on any atom is -0.321 e. The predicted octanol–water partition coefficient (Wildman–Crippen LogP) is 3.67. The Labute approximate surface area is 190 Å². The van der Waals surface area contributed by atoms with E-state index >= 15 is 0 Å². The van der Waals surface area contributed by atoms with Gasteiger partial charge in [-0.05, 0) is 43.7 Å². The first-order valence-corrected chi connectivity index (χ1v) is 12.8. The minimum absolute atomic E-state index is 0.297. The Bertz CT molecular complexity index is 1030. The summed E-state index contributed by atoms with van der Waals surface area (Å²) in [6.45, 7) is 10.7. The number of thiazole rings is 1. The molecule has 3 aromatic rings. The zero-order chi connectivity index (χ0) is 21.8. The van der Waals surface area contributed by atoms with Crippen LogP contribution in [0.2, 0.25) is 0 Å². The maximum absolute atomic E-state index is 12.5. The number of aryl methyl sites for hydroxylation is 1. The summed E-state index contributed by atoms with van der Waals surface area (Å²) in [6.07, 6.45) is 1.05. The lowest BCUT2D eigenvalue weighted by molar-refractivity contribution is -0.930. The van der Waals surface area contributed by atoms with Gasteiger partial charge in [0, 0.05) is 19.5 Å². The second kappa shape index (κ2) is 9.85. The molecule has 2 heterocycles. The van der Waals surface area contributed by atoms with Crippen molar-refractivity contribution < 1.29 is 13.9 Å². The zero-order valence-electron chi connectivity index (χ0n) is 18.2. The lowest BCUT2D eigenvalue weighted by Gasteiger charge is -2.44. The molecule has 1 aromatic heterocycles. The van der Waals surface area contributed by atoms with E-state index in [9.17, 15) is 9.42 Å². The molecule has 1 aliphatic rings. The van der Waals surface area contributed by atoms with Crippen LogP contribution in [0.4, 0.5) is 0 Å². The molecule has 2 aromatic carbocycles. The Morgan fingerprint density at radius 1 is 1.19 bits per heavy atom. The van der Waals surface area contributed by atoms with Gasteiger partial charge in [0.15, 0.2) is 11.0 Å². The number of rotatable bonds is 8. The highest BCUT2D eigenvalue weighted by Gasteiger charge is 2.32. The fourth-order valence-corrected chi connectivity index (χ4v) is 5.97. The van der Waals surface area contributed by atoms with Crippen molar-refractivity contribution in [3.63, 3.8) is 0 Å². The van der Waals surface area contributed by atoms with Gasteiger partial charge in [-0.25, -0.2) is 9.19 Å². The van der Waals surface area contributed by atoms with Crippen molar-refractivity contribution in [2.45, 2.75) is 25.2 Å². The summed E-state index contributed by atoms with van der Waals surface area (Å²) in [7, 11) is -1.55. The molecule has 0 spiro atoms. The number of hydrogen-bond donors (Lipinski definition) is 1. The molecule has 0 bridgehead atoms. The van der Waals surface area contributed by atoms with Crippen molar-refractivity contribution in [3.8, 4) is 0 Å². The number of quaternary nitrogens is 1. The van der Waals surface area contributed by atoms with E-state index in [2.05, 4.69) is 41.9 Å². The van der Waals surface area contributed by atoms with Crippen LogP contribution in [0, 0.1) is 6.92 Å². The average molecular weight is 460 g/mol. The van der Waals surface area contributed by atoms with Crippen LogP contribution in [-0.2, 0) is 17.4 Å². The molecular weight excluding hydrogens is 428 g/mol. The van der Waals surface area contributed by atoms with Crippen molar-refractivity contribution >= 4 is 32.5 Å². The molecule has 1 N–H and O–H groups in total. The van der Waals surface area contributed by atoms with Crippen molar-refractivity contribution in [1.82, 2.24) is 14.4 Å². The Hall–Kier alpha value is -1.68. The van der Waals surface area contributed by atoms with E-state index in [-0.39, 0.29) is 0 Å². The van der Waals surface area contributed by atoms with Gasteiger partial charge < -0.3 is 4.48 Å². The van der Waals surface area contributed by atoms with Crippen LogP contribution in [0.15, 0.2) is 53.4 Å². The van der Waals surface area contributed by atoms with Gasteiger partial charge in [-0.1, -0.05) is 28.7 Å². The SMILES string of the molecule is CC[N+]1(CCc2ccc3sc(C)nc3c2)CCN(CN(O)S(=O)c2ccccc2)CC1. The highest BCUT2D eigenvalue weighted by Crippen LogP contribution is 2.23. The summed E-state index contributed by atoms with van der Waals surface area (Å²) < 4.78 is 15.8. The maximum Gasteiger partial charge on any atom is 0.152 e. The Morgan fingerprint density at radius 3 is 2.65 bits per heavy atom. The summed E-state index contributed by atoms with van der Waals surface area (Å²) in [5.41, 5.74) is 2.47. The van der Waals surface area contributed by atoms with E-state index in [1.807, 2.05) is 18.2 Å². The number of piperazine rings is 1. The van der Waals surface area contributed by atoms with Crippen molar-refractivity contribution in [3.05, 3.63) is 59.1 Å². The zero-order valence-corrected chi connectivity index (χ0v) is 19.9. The van der Waals surface area contributed by atoms with Gasteiger partial charge >= 0.3 is 0 Å². The normalized spacial score (nSPS) is 17.9. The molecule has 8 heteroatoms. The molecule has 1 atom stereocenters. The van der Waals surface area contributed by atoms with E-state index in [1.165, 1.54) is 10.3 Å². The first-order chi connectivity index (χ1) is 15.0. The molecule has 1 aliphatic heterocycles. The third kappa shape index (κ3) is 5.39. The number of aromatic nitrogens is 1. The summed E-state index contributed by atoms with van der Waals surface area (Å²) in [5.74, 6) is 0. The van der Waals surface area contributed by atoms with E-state index in [4.69, 9.17) is 0 Å². The van der Waals surface area contributed by atoms with Crippen LogP contribution in [0.25, 0.3) is 10.2 Å². The quantitative estimate of drug-likeness (QED) is 0.413. The summed E-state index contributed by atoms with van der Waals surface area (Å²) in [6, 6.07) is 15.8. The van der Waals surface area contributed by atoms with Crippen LogP contribution in [0.1, 0.15) is 17.5 Å². The number of fused-ring (bicyclic) bond motifs is 1. The molecule has 31 heavy (non-hydrogen) atoms. The lowest BCUT2D eigenvalue weighted by Crippen LogP contribution is -2.61. The highest BCUT2D eigenvalue weighted by molar-refractivity contribution is 7.82. The van der Waals surface area contributed by atoms with Crippen molar-refractivity contribution in [2.75, 3.05) is 45.9 Å². The molecular formula is C23H31N4O2S2+. The molecule has 1 unspecified atom stereocenters. The number of likely N-dealkylation sites (N-methyl/N-ethyl adjacent to an activating group) is 1. The molecule has 1 saturated heterocycles. The number of hydroxylamine groups is 1. The average Bonchev–Trinajstić information content (AvgIpc) is 3.18. The molecule has 0 saturated carbocycles. The largest absolute Gasteiger partial charge is 0.321 e. The Kier molecular flexibility index (Phi) is 7.15. The number of hydrogen-bond acceptors (Lipinski definition) is 5. The Balaban J connectivity index is 1.31. The van der Waals surface area contributed by atoms with Crippen molar-refractivity contribution in [2.24, 2.45) is 0 Å². The van der Waals surface area contributed by atoms with Crippen molar-refractivity contribution in [1.29, 1.82) is 0 Å². The van der Waals surface area contributed by atoms with Crippen LogP contribution in [0.3, 0.4) is 0 Å². The van der Waals surface area contributed by atoms with Gasteiger partial charge in [0.2, 0.25) is 0 Å². The maximum atomic E-state index is 12.5. The van der Waals surface area contributed by atoms with E-state index in [0.29, 0.717) is 11.6 Å². The van der Waals surface area contributed by atoms with Gasteiger partial charge in [0.1, 0.15) is 0 Å². The minimum atomic E-state index is -1.55. The third-order valence-corrected chi connectivity index (χ3v) is 8.47. The van der Waals surface area contributed by atoms with E-state index in [1.54, 1.807) is 23.5 Å². The second-order valence-corrected chi connectivity index (χ2v) is 10.9. The van der Waals surface area contributed by atoms with Gasteiger partial charge in [-0.15, -0.1) is 11.3 Å². The number of benzene rings is 2. The van der Waals surface area contributed by atoms with Crippen LogP contribution < -0.4 is 0 Å². The molecule has 4 rings (SSSR count). The second-order valence-electron chi connectivity index (χ2n) is 8.29. The number of nitrogens with zero attached hydrogens (tertiary/aromatic N) is 4. The lowest BCUT2D eigenvalue weighted by atomic mass is 10.1. The van der Waals surface area contributed by atoms with Crippen LogP contribution in [-0.4, -0.2) is 74.2 Å². The smallest absolute Gasteiger partial charge is 0.152 e. The third-order valence-electron chi connectivity index (χ3n) is 6.34. The summed E-state index contributed by atoms with van der Waals surface area (Å²) in [5, 5.41) is 11.4. The fourth-order valence-electron chi connectivity index (χ4n) is 4.26. The molecule has 6 nitrogen and oxygen atoms in total. The first-order valence-electron chi connectivity index (χ1n) is 10.8.